The van der Waals surface area contributed by atoms with Crippen molar-refractivity contribution in [2.24, 2.45) is 5.92 Å². The van der Waals surface area contributed by atoms with E-state index in [1.807, 2.05) is 6.07 Å². The Morgan fingerprint density at radius 1 is 1.32 bits per heavy atom. The second-order valence-electron chi connectivity index (χ2n) is 6.79. The third-order valence-corrected chi connectivity index (χ3v) is 4.85. The van der Waals surface area contributed by atoms with E-state index in [0.29, 0.717) is 18.4 Å². The van der Waals surface area contributed by atoms with Crippen LogP contribution in [0.1, 0.15) is 38.2 Å². The monoisotopic (exact) mass is 389 g/mol. The highest BCUT2D eigenvalue weighted by atomic mass is 35.5. The van der Waals surface area contributed by atoms with E-state index in [2.05, 4.69) is 53.8 Å². The van der Waals surface area contributed by atoms with Crippen LogP contribution in [0.3, 0.4) is 0 Å². The third kappa shape index (κ3) is 9.45. The summed E-state index contributed by atoms with van der Waals surface area (Å²) in [6.45, 7) is 6.12. The molecule has 2 N–H and O–H groups in total. The molecule has 1 saturated heterocycles. The smallest absolute Gasteiger partial charge is 0.220 e. The Morgan fingerprint density at radius 2 is 2.04 bits per heavy atom. The van der Waals surface area contributed by atoms with Crippen LogP contribution in [0.5, 0.6) is 0 Å². The van der Waals surface area contributed by atoms with Crippen molar-refractivity contribution in [2.75, 3.05) is 26.7 Å². The van der Waals surface area contributed by atoms with E-state index in [-0.39, 0.29) is 30.7 Å². The number of carbonyl (C=O) groups excluding carboxylic acids is 1. The zero-order chi connectivity index (χ0) is 16.5. The largest absolute Gasteiger partial charge is 0.356 e. The molecule has 0 bridgehead atoms. The first kappa shape index (κ1) is 24.2. The average molecular weight is 390 g/mol. The predicted octanol–water partition coefficient (Wildman–Crippen LogP) is 3.25. The van der Waals surface area contributed by atoms with Gasteiger partial charge >= 0.3 is 0 Å². The molecule has 2 atom stereocenters. The normalized spacial score (nSPS) is 17.5. The minimum Gasteiger partial charge on any atom is -0.356 e. The number of halogens is 2. The summed E-state index contributed by atoms with van der Waals surface area (Å²) in [6.07, 6.45) is 3.89. The fourth-order valence-electron chi connectivity index (χ4n) is 3.05. The van der Waals surface area contributed by atoms with Crippen molar-refractivity contribution in [3.05, 3.63) is 35.9 Å². The number of carbonyl (C=O) groups is 1. The van der Waals surface area contributed by atoms with Crippen LogP contribution in [0.2, 0.25) is 0 Å². The molecule has 2 rings (SSSR count). The zero-order valence-electron chi connectivity index (χ0n) is 15.4. The van der Waals surface area contributed by atoms with Gasteiger partial charge in [0.25, 0.3) is 0 Å². The van der Waals surface area contributed by atoms with Crippen LogP contribution in [0.4, 0.5) is 0 Å². The molecule has 144 valence electrons. The van der Waals surface area contributed by atoms with Crippen LogP contribution >= 0.6 is 24.8 Å². The van der Waals surface area contributed by atoms with Gasteiger partial charge in [-0.15, -0.1) is 24.8 Å². The molecule has 6 heteroatoms. The van der Waals surface area contributed by atoms with Crippen molar-refractivity contribution in [1.82, 2.24) is 15.5 Å². The number of amides is 1. The summed E-state index contributed by atoms with van der Waals surface area (Å²) in [7, 11) is 2.15. The molecule has 2 unspecified atom stereocenters. The van der Waals surface area contributed by atoms with E-state index >= 15 is 0 Å². The van der Waals surface area contributed by atoms with Crippen molar-refractivity contribution in [1.29, 1.82) is 0 Å². The second kappa shape index (κ2) is 13.4. The van der Waals surface area contributed by atoms with Gasteiger partial charge in [-0.05, 0) is 57.8 Å². The number of hydrogen-bond donors (Lipinski definition) is 2. The quantitative estimate of drug-likeness (QED) is 0.681. The number of benzene rings is 1. The van der Waals surface area contributed by atoms with Crippen LogP contribution in [-0.4, -0.2) is 43.5 Å². The maximum atomic E-state index is 11.9. The van der Waals surface area contributed by atoms with Gasteiger partial charge in [-0.1, -0.05) is 30.3 Å². The highest BCUT2D eigenvalue weighted by molar-refractivity contribution is 5.85. The Labute approximate surface area is 164 Å². The lowest BCUT2D eigenvalue weighted by molar-refractivity contribution is -0.121. The summed E-state index contributed by atoms with van der Waals surface area (Å²) in [4.78, 5) is 14.2. The van der Waals surface area contributed by atoms with Crippen LogP contribution in [0, 0.1) is 5.92 Å². The lowest BCUT2D eigenvalue weighted by atomic mass is 10.0. The molecule has 1 heterocycles. The first-order chi connectivity index (χ1) is 11.1. The lowest BCUT2D eigenvalue weighted by Gasteiger charge is -2.25. The summed E-state index contributed by atoms with van der Waals surface area (Å²) in [5, 5.41) is 6.42. The molecule has 1 aromatic carbocycles. The predicted molar refractivity (Wildman–Crippen MR) is 110 cm³/mol. The maximum Gasteiger partial charge on any atom is 0.220 e. The number of rotatable bonds is 9. The topological polar surface area (TPSA) is 44.4 Å². The van der Waals surface area contributed by atoms with E-state index in [1.54, 1.807) is 0 Å². The highest BCUT2D eigenvalue weighted by Gasteiger charge is 2.16. The summed E-state index contributed by atoms with van der Waals surface area (Å²) < 4.78 is 0. The molecular formula is C19H33Cl2N3O. The lowest BCUT2D eigenvalue weighted by Crippen LogP contribution is -2.33. The van der Waals surface area contributed by atoms with Gasteiger partial charge in [0, 0.05) is 25.6 Å². The van der Waals surface area contributed by atoms with Crippen molar-refractivity contribution in [3.63, 3.8) is 0 Å². The molecule has 4 nitrogen and oxygen atoms in total. The SMILES string of the molecule is CC(CCNC(=O)CCC1CCNC1)N(C)Cc1ccccc1.Cl.Cl. The summed E-state index contributed by atoms with van der Waals surface area (Å²) in [5.74, 6) is 0.895. The molecule has 1 amide bonds. The van der Waals surface area contributed by atoms with Gasteiger partial charge in [0.05, 0.1) is 0 Å². The molecule has 0 saturated carbocycles. The van der Waals surface area contributed by atoms with E-state index < -0.39 is 0 Å². The van der Waals surface area contributed by atoms with Crippen molar-refractivity contribution in [3.8, 4) is 0 Å². The van der Waals surface area contributed by atoms with Crippen molar-refractivity contribution in [2.45, 2.75) is 45.2 Å². The van der Waals surface area contributed by atoms with E-state index in [4.69, 9.17) is 0 Å². The number of nitrogens with zero attached hydrogens (tertiary/aromatic N) is 1. The Hall–Kier alpha value is -0.810. The van der Waals surface area contributed by atoms with Crippen molar-refractivity contribution < 1.29 is 4.79 Å². The Bertz CT molecular complexity index is 467. The van der Waals surface area contributed by atoms with Gasteiger partial charge in [0.1, 0.15) is 0 Å². The van der Waals surface area contributed by atoms with Gasteiger partial charge < -0.3 is 10.6 Å². The molecule has 0 radical (unpaired) electrons. The molecule has 0 aromatic heterocycles. The fraction of sp³-hybridized carbons (Fsp3) is 0.632. The molecule has 1 fully saturated rings. The minimum absolute atomic E-state index is 0. The van der Waals surface area contributed by atoms with Crippen LogP contribution in [-0.2, 0) is 11.3 Å². The standard InChI is InChI=1S/C19H31N3O.2ClH/c1-16(22(2)15-18-6-4-3-5-7-18)10-13-21-19(23)9-8-17-11-12-20-14-17;;/h3-7,16-17,20H,8-15H2,1-2H3,(H,21,23);2*1H. The highest BCUT2D eigenvalue weighted by Crippen LogP contribution is 2.14. The maximum absolute atomic E-state index is 11.9. The van der Waals surface area contributed by atoms with E-state index in [9.17, 15) is 4.79 Å². The second-order valence-corrected chi connectivity index (χ2v) is 6.79. The average Bonchev–Trinajstić information content (AvgIpc) is 3.07. The Morgan fingerprint density at radius 3 is 2.68 bits per heavy atom. The van der Waals surface area contributed by atoms with Crippen LogP contribution in [0.15, 0.2) is 30.3 Å². The molecule has 0 spiro atoms. The molecule has 1 aliphatic heterocycles. The molecular weight excluding hydrogens is 357 g/mol. The molecule has 1 aliphatic rings. The molecule has 0 aliphatic carbocycles. The summed E-state index contributed by atoms with van der Waals surface area (Å²) in [6, 6.07) is 11.0. The van der Waals surface area contributed by atoms with E-state index in [1.165, 1.54) is 12.0 Å². The van der Waals surface area contributed by atoms with Gasteiger partial charge in [0.2, 0.25) is 5.91 Å². The van der Waals surface area contributed by atoms with Gasteiger partial charge in [0.15, 0.2) is 0 Å². The third-order valence-electron chi connectivity index (χ3n) is 4.85. The Kier molecular flexibility index (Phi) is 13.0. The minimum atomic E-state index is 0. The van der Waals surface area contributed by atoms with Gasteiger partial charge in [-0.2, -0.15) is 0 Å². The Balaban J connectivity index is 0.00000288. The molecule has 1 aromatic rings. The van der Waals surface area contributed by atoms with E-state index in [0.717, 1.165) is 39.0 Å². The van der Waals surface area contributed by atoms with Crippen molar-refractivity contribution >= 4 is 30.7 Å². The van der Waals surface area contributed by atoms with Crippen LogP contribution in [0.25, 0.3) is 0 Å². The van der Waals surface area contributed by atoms with Gasteiger partial charge in [-0.25, -0.2) is 0 Å². The zero-order valence-corrected chi connectivity index (χ0v) is 17.0. The number of nitrogens with one attached hydrogen (secondary N) is 2. The van der Waals surface area contributed by atoms with Gasteiger partial charge in [-0.3, -0.25) is 9.69 Å². The fourth-order valence-corrected chi connectivity index (χ4v) is 3.05. The first-order valence-electron chi connectivity index (χ1n) is 8.86. The molecule has 25 heavy (non-hydrogen) atoms. The number of hydrogen-bond acceptors (Lipinski definition) is 3. The first-order valence-corrected chi connectivity index (χ1v) is 8.86. The summed E-state index contributed by atoms with van der Waals surface area (Å²) in [5.41, 5.74) is 1.33. The summed E-state index contributed by atoms with van der Waals surface area (Å²) >= 11 is 0. The van der Waals surface area contributed by atoms with Crippen LogP contribution < -0.4 is 10.6 Å².